The van der Waals surface area contributed by atoms with Crippen LogP contribution in [-0.4, -0.2) is 31.1 Å². The molecular weight excluding hydrogens is 367 g/mol. The lowest BCUT2D eigenvalue weighted by molar-refractivity contribution is -0.139. The Bertz CT molecular complexity index is 503. The first-order valence-corrected chi connectivity index (χ1v) is 7.60. The Morgan fingerprint density at radius 3 is 2.21 bits per heavy atom. The Hall–Kier alpha value is -0.560. The molecular formula is C16H24Cl2F4N2. The normalized spacial score (nSPS) is 17.1. The SMILES string of the molecule is CC(C)C[C@@H](c1cc(F)ccc1C(F)(F)F)N1CCNCC1.Cl.Cl. The maximum absolute atomic E-state index is 13.6. The van der Waals surface area contributed by atoms with Gasteiger partial charge in [0.15, 0.2) is 0 Å². The molecule has 1 atom stereocenters. The number of halogens is 6. The molecule has 0 aromatic heterocycles. The van der Waals surface area contributed by atoms with E-state index in [4.69, 9.17) is 0 Å². The zero-order valence-corrected chi connectivity index (χ0v) is 15.3. The maximum atomic E-state index is 13.6. The van der Waals surface area contributed by atoms with Gasteiger partial charge in [-0.1, -0.05) is 13.8 Å². The Kier molecular flexibility index (Phi) is 9.57. The maximum Gasteiger partial charge on any atom is 0.416 e. The first-order chi connectivity index (χ1) is 10.3. The summed E-state index contributed by atoms with van der Waals surface area (Å²) in [5, 5.41) is 3.19. The number of rotatable bonds is 4. The summed E-state index contributed by atoms with van der Waals surface area (Å²) in [7, 11) is 0. The van der Waals surface area contributed by atoms with Crippen LogP contribution in [0.25, 0.3) is 0 Å². The van der Waals surface area contributed by atoms with Crippen LogP contribution >= 0.6 is 24.8 Å². The van der Waals surface area contributed by atoms with Crippen molar-refractivity contribution in [3.05, 3.63) is 35.1 Å². The summed E-state index contributed by atoms with van der Waals surface area (Å²) in [5.74, 6) is -0.392. The van der Waals surface area contributed by atoms with E-state index in [0.29, 0.717) is 19.5 Å². The van der Waals surface area contributed by atoms with Crippen molar-refractivity contribution in [2.45, 2.75) is 32.5 Å². The van der Waals surface area contributed by atoms with Gasteiger partial charge >= 0.3 is 6.18 Å². The van der Waals surface area contributed by atoms with Gasteiger partial charge in [0.05, 0.1) is 5.56 Å². The molecule has 0 spiro atoms. The van der Waals surface area contributed by atoms with Crippen LogP contribution in [0.15, 0.2) is 18.2 Å². The standard InChI is InChI=1S/C16H22F4N2.2ClH/c1-11(2)9-15(22-7-5-21-6-8-22)13-10-12(17)3-4-14(13)16(18,19)20;;/h3-4,10-11,15,21H,5-9H2,1-2H3;2*1H/t15-;;/m0../s1. The summed E-state index contributed by atoms with van der Waals surface area (Å²) in [5.41, 5.74) is -0.666. The number of alkyl halides is 3. The van der Waals surface area contributed by atoms with Crippen molar-refractivity contribution in [1.29, 1.82) is 0 Å². The molecule has 2 rings (SSSR count). The Morgan fingerprint density at radius 1 is 1.12 bits per heavy atom. The summed E-state index contributed by atoms with van der Waals surface area (Å²) >= 11 is 0. The molecule has 0 amide bonds. The number of benzene rings is 1. The second-order valence-electron chi connectivity index (χ2n) is 6.16. The highest BCUT2D eigenvalue weighted by molar-refractivity contribution is 5.85. The zero-order valence-electron chi connectivity index (χ0n) is 13.7. The second-order valence-corrected chi connectivity index (χ2v) is 6.16. The van der Waals surface area contributed by atoms with E-state index in [1.54, 1.807) is 0 Å². The minimum absolute atomic E-state index is 0. The molecule has 1 aromatic rings. The first kappa shape index (κ1) is 23.4. The van der Waals surface area contributed by atoms with Crippen LogP contribution in [0.4, 0.5) is 17.6 Å². The highest BCUT2D eigenvalue weighted by Gasteiger charge is 2.37. The van der Waals surface area contributed by atoms with Crippen molar-refractivity contribution < 1.29 is 17.6 Å². The zero-order chi connectivity index (χ0) is 16.3. The third-order valence-electron chi connectivity index (χ3n) is 3.97. The van der Waals surface area contributed by atoms with Crippen LogP contribution < -0.4 is 5.32 Å². The van der Waals surface area contributed by atoms with Crippen LogP contribution in [0.3, 0.4) is 0 Å². The summed E-state index contributed by atoms with van der Waals surface area (Å²) in [6.07, 6.45) is -3.89. The molecule has 0 unspecified atom stereocenters. The van der Waals surface area contributed by atoms with Crippen molar-refractivity contribution in [3.63, 3.8) is 0 Å². The predicted octanol–water partition coefficient (Wildman–Crippen LogP) is 4.68. The molecule has 1 aliphatic heterocycles. The largest absolute Gasteiger partial charge is 0.416 e. The topological polar surface area (TPSA) is 15.3 Å². The molecule has 1 saturated heterocycles. The Morgan fingerprint density at radius 2 is 1.71 bits per heavy atom. The van der Waals surface area contributed by atoms with Gasteiger partial charge in [0.2, 0.25) is 0 Å². The fourth-order valence-corrected chi connectivity index (χ4v) is 2.98. The van der Waals surface area contributed by atoms with Crippen LogP contribution in [-0.2, 0) is 6.18 Å². The van der Waals surface area contributed by atoms with E-state index in [2.05, 4.69) is 5.32 Å². The molecule has 0 saturated carbocycles. The smallest absolute Gasteiger partial charge is 0.314 e. The van der Waals surface area contributed by atoms with Gasteiger partial charge in [-0.2, -0.15) is 13.2 Å². The lowest BCUT2D eigenvalue weighted by atomic mass is 9.91. The first-order valence-electron chi connectivity index (χ1n) is 7.60. The fourth-order valence-electron chi connectivity index (χ4n) is 2.98. The molecule has 1 heterocycles. The van der Waals surface area contributed by atoms with Gasteiger partial charge in [-0.25, -0.2) is 4.39 Å². The van der Waals surface area contributed by atoms with Gasteiger partial charge < -0.3 is 5.32 Å². The molecule has 0 bridgehead atoms. The monoisotopic (exact) mass is 390 g/mol. The minimum Gasteiger partial charge on any atom is -0.314 e. The van der Waals surface area contributed by atoms with Crippen LogP contribution in [0.1, 0.15) is 37.4 Å². The van der Waals surface area contributed by atoms with Gasteiger partial charge in [-0.05, 0) is 36.1 Å². The van der Waals surface area contributed by atoms with Crippen molar-refractivity contribution in [3.8, 4) is 0 Å². The third-order valence-corrected chi connectivity index (χ3v) is 3.97. The third kappa shape index (κ3) is 6.06. The minimum atomic E-state index is -4.47. The fraction of sp³-hybridized carbons (Fsp3) is 0.625. The molecule has 1 aliphatic rings. The number of hydrogen-bond donors (Lipinski definition) is 1. The van der Waals surface area contributed by atoms with Crippen LogP contribution in [0, 0.1) is 11.7 Å². The van der Waals surface area contributed by atoms with E-state index in [1.807, 2.05) is 18.7 Å². The lowest BCUT2D eigenvalue weighted by Gasteiger charge is -2.37. The van der Waals surface area contributed by atoms with E-state index in [1.165, 1.54) is 0 Å². The molecule has 1 aromatic carbocycles. The Balaban J connectivity index is 0.00000264. The van der Waals surface area contributed by atoms with E-state index in [9.17, 15) is 17.6 Å². The van der Waals surface area contributed by atoms with E-state index in [-0.39, 0.29) is 36.3 Å². The predicted molar refractivity (Wildman–Crippen MR) is 92.5 cm³/mol. The highest BCUT2D eigenvalue weighted by atomic mass is 35.5. The average Bonchev–Trinajstić information content (AvgIpc) is 2.44. The molecule has 140 valence electrons. The van der Waals surface area contributed by atoms with Gasteiger partial charge in [-0.3, -0.25) is 4.90 Å². The van der Waals surface area contributed by atoms with Crippen molar-refractivity contribution in [1.82, 2.24) is 10.2 Å². The molecule has 0 radical (unpaired) electrons. The average molecular weight is 391 g/mol. The van der Waals surface area contributed by atoms with Crippen molar-refractivity contribution in [2.24, 2.45) is 5.92 Å². The van der Waals surface area contributed by atoms with E-state index >= 15 is 0 Å². The summed E-state index contributed by atoms with van der Waals surface area (Å²) in [6, 6.07) is 2.39. The van der Waals surface area contributed by atoms with Gasteiger partial charge in [0, 0.05) is 32.2 Å². The molecule has 2 nitrogen and oxygen atoms in total. The summed E-state index contributed by atoms with van der Waals surface area (Å²) in [6.45, 7) is 6.77. The number of piperazine rings is 1. The van der Waals surface area contributed by atoms with Gasteiger partial charge in [0.1, 0.15) is 5.82 Å². The molecule has 1 fully saturated rings. The number of hydrogen-bond acceptors (Lipinski definition) is 2. The second kappa shape index (κ2) is 9.80. The van der Waals surface area contributed by atoms with Crippen LogP contribution in [0.5, 0.6) is 0 Å². The van der Waals surface area contributed by atoms with E-state index < -0.39 is 23.6 Å². The quantitative estimate of drug-likeness (QED) is 0.750. The van der Waals surface area contributed by atoms with Gasteiger partial charge in [0.25, 0.3) is 0 Å². The molecule has 24 heavy (non-hydrogen) atoms. The molecule has 8 heteroatoms. The molecule has 0 aliphatic carbocycles. The van der Waals surface area contributed by atoms with Gasteiger partial charge in [-0.15, -0.1) is 24.8 Å². The number of nitrogens with one attached hydrogen (secondary N) is 1. The summed E-state index contributed by atoms with van der Waals surface area (Å²) in [4.78, 5) is 2.03. The summed E-state index contributed by atoms with van der Waals surface area (Å²) < 4.78 is 53.5. The lowest BCUT2D eigenvalue weighted by Crippen LogP contribution is -2.45. The van der Waals surface area contributed by atoms with Crippen LogP contribution in [0.2, 0.25) is 0 Å². The highest BCUT2D eigenvalue weighted by Crippen LogP contribution is 2.39. The number of nitrogens with zero attached hydrogens (tertiary/aromatic N) is 1. The molecule has 1 N–H and O–H groups in total. The van der Waals surface area contributed by atoms with E-state index in [0.717, 1.165) is 31.3 Å². The Labute approximate surface area is 152 Å². The van der Waals surface area contributed by atoms with Crippen molar-refractivity contribution in [2.75, 3.05) is 26.2 Å². The van der Waals surface area contributed by atoms with Crippen molar-refractivity contribution >= 4 is 24.8 Å².